The van der Waals surface area contributed by atoms with Crippen molar-refractivity contribution in [1.29, 1.82) is 0 Å². The predicted octanol–water partition coefficient (Wildman–Crippen LogP) is 4.37. The molecule has 156 valence electrons. The molecule has 0 aliphatic carbocycles. The molecule has 0 radical (unpaired) electrons. The van der Waals surface area contributed by atoms with E-state index in [0.717, 1.165) is 25.3 Å². The summed E-state index contributed by atoms with van der Waals surface area (Å²) in [6, 6.07) is 13.4. The molecule has 1 aliphatic heterocycles. The van der Waals surface area contributed by atoms with E-state index in [1.807, 2.05) is 0 Å². The summed E-state index contributed by atoms with van der Waals surface area (Å²) in [5, 5.41) is 6.79. The highest BCUT2D eigenvalue weighted by molar-refractivity contribution is 5.53. The number of hydrogen-bond acceptors (Lipinski definition) is 7. The van der Waals surface area contributed by atoms with E-state index in [9.17, 15) is 4.39 Å². The van der Waals surface area contributed by atoms with Gasteiger partial charge in [-0.15, -0.1) is 0 Å². The number of aromatic nitrogens is 2. The molecular formula is C22H23FN4O3. The van der Waals surface area contributed by atoms with Crippen molar-refractivity contribution >= 4 is 5.69 Å². The standard InChI is InChI=1S/C22H23FN4O3/c1-28-17-7-9-18(10-8-17)29-21-20(25-13-16-5-3-11-24-16)14-26-22(27-21)30-19-6-2-4-15(23)12-19/h2,4,6-10,12,14,16,24-25H,3,5,11,13H2,1H3/t16-/m0/s1. The van der Waals surface area contributed by atoms with Gasteiger partial charge in [-0.2, -0.15) is 4.98 Å². The summed E-state index contributed by atoms with van der Waals surface area (Å²) in [6.07, 6.45) is 3.89. The van der Waals surface area contributed by atoms with Crippen molar-refractivity contribution < 1.29 is 18.6 Å². The van der Waals surface area contributed by atoms with Crippen molar-refractivity contribution in [2.75, 3.05) is 25.5 Å². The number of hydrogen-bond donors (Lipinski definition) is 2. The lowest BCUT2D eigenvalue weighted by atomic mass is 10.2. The van der Waals surface area contributed by atoms with E-state index in [1.54, 1.807) is 49.7 Å². The highest BCUT2D eigenvalue weighted by Crippen LogP contribution is 2.31. The molecule has 0 saturated carbocycles. The normalized spacial score (nSPS) is 15.6. The summed E-state index contributed by atoms with van der Waals surface area (Å²) >= 11 is 0. The van der Waals surface area contributed by atoms with E-state index in [-0.39, 0.29) is 6.01 Å². The number of halogens is 1. The van der Waals surface area contributed by atoms with Gasteiger partial charge in [-0.05, 0) is 55.8 Å². The first-order chi connectivity index (χ1) is 14.7. The van der Waals surface area contributed by atoms with Gasteiger partial charge in [0.15, 0.2) is 0 Å². The van der Waals surface area contributed by atoms with E-state index in [4.69, 9.17) is 14.2 Å². The van der Waals surface area contributed by atoms with E-state index in [2.05, 4.69) is 20.6 Å². The van der Waals surface area contributed by atoms with Gasteiger partial charge in [0.2, 0.25) is 5.88 Å². The summed E-state index contributed by atoms with van der Waals surface area (Å²) in [5.74, 6) is 1.55. The van der Waals surface area contributed by atoms with E-state index in [0.29, 0.717) is 29.1 Å². The van der Waals surface area contributed by atoms with Gasteiger partial charge in [0.05, 0.1) is 13.3 Å². The average molecular weight is 410 g/mol. The molecule has 8 heteroatoms. The SMILES string of the molecule is COc1ccc(Oc2nc(Oc3cccc(F)c3)ncc2NC[C@@H]2CCCN2)cc1. The fraction of sp³-hybridized carbons (Fsp3) is 0.273. The van der Waals surface area contributed by atoms with Crippen molar-refractivity contribution in [2.45, 2.75) is 18.9 Å². The largest absolute Gasteiger partial charge is 0.497 e. The van der Waals surface area contributed by atoms with Crippen molar-refractivity contribution in [2.24, 2.45) is 0 Å². The summed E-state index contributed by atoms with van der Waals surface area (Å²) in [5.41, 5.74) is 0.645. The Bertz CT molecular complexity index is 978. The second kappa shape index (κ2) is 9.41. The Balaban J connectivity index is 1.55. The second-order valence-corrected chi connectivity index (χ2v) is 6.88. The lowest BCUT2D eigenvalue weighted by molar-refractivity contribution is 0.405. The van der Waals surface area contributed by atoms with Crippen LogP contribution in [0.5, 0.6) is 29.1 Å². The average Bonchev–Trinajstić information content (AvgIpc) is 3.27. The van der Waals surface area contributed by atoms with Crippen LogP contribution in [0.3, 0.4) is 0 Å². The molecule has 0 spiro atoms. The zero-order chi connectivity index (χ0) is 20.8. The fourth-order valence-corrected chi connectivity index (χ4v) is 3.15. The first-order valence-corrected chi connectivity index (χ1v) is 9.79. The molecule has 7 nitrogen and oxygen atoms in total. The van der Waals surface area contributed by atoms with Crippen molar-refractivity contribution in [3.05, 3.63) is 60.5 Å². The number of nitrogens with zero attached hydrogens (tertiary/aromatic N) is 2. The molecule has 1 fully saturated rings. The van der Waals surface area contributed by atoms with Gasteiger partial charge in [0, 0.05) is 18.7 Å². The smallest absolute Gasteiger partial charge is 0.325 e. The molecule has 30 heavy (non-hydrogen) atoms. The van der Waals surface area contributed by atoms with Gasteiger partial charge in [-0.3, -0.25) is 0 Å². The molecule has 1 atom stereocenters. The lowest BCUT2D eigenvalue weighted by Gasteiger charge is -2.16. The maximum Gasteiger partial charge on any atom is 0.325 e. The minimum absolute atomic E-state index is 0.0636. The monoisotopic (exact) mass is 410 g/mol. The van der Waals surface area contributed by atoms with Crippen molar-refractivity contribution in [3.63, 3.8) is 0 Å². The van der Waals surface area contributed by atoms with Crippen molar-refractivity contribution in [3.8, 4) is 29.1 Å². The Labute approximate surface area is 174 Å². The number of methoxy groups -OCH3 is 1. The second-order valence-electron chi connectivity index (χ2n) is 6.88. The van der Waals surface area contributed by atoms with Gasteiger partial charge in [-0.25, -0.2) is 9.37 Å². The zero-order valence-corrected chi connectivity index (χ0v) is 16.6. The van der Waals surface area contributed by atoms with E-state index >= 15 is 0 Å². The third kappa shape index (κ3) is 5.15. The molecule has 0 amide bonds. The maximum absolute atomic E-state index is 13.4. The van der Waals surface area contributed by atoms with Crippen LogP contribution in [0.1, 0.15) is 12.8 Å². The number of benzene rings is 2. The third-order valence-corrected chi connectivity index (χ3v) is 4.71. The van der Waals surface area contributed by atoms with Crippen LogP contribution in [0.2, 0.25) is 0 Å². The quantitative estimate of drug-likeness (QED) is 0.571. The van der Waals surface area contributed by atoms with Crippen LogP contribution in [0, 0.1) is 5.82 Å². The van der Waals surface area contributed by atoms with Crippen LogP contribution >= 0.6 is 0 Å². The summed E-state index contributed by atoms with van der Waals surface area (Å²) < 4.78 is 30.2. The van der Waals surface area contributed by atoms with Crippen LogP contribution in [0.25, 0.3) is 0 Å². The van der Waals surface area contributed by atoms with Gasteiger partial charge < -0.3 is 24.8 Å². The van der Waals surface area contributed by atoms with Gasteiger partial charge >= 0.3 is 6.01 Å². The molecular weight excluding hydrogens is 387 g/mol. The predicted molar refractivity (Wildman–Crippen MR) is 111 cm³/mol. The van der Waals surface area contributed by atoms with Gasteiger partial charge in [0.25, 0.3) is 0 Å². The highest BCUT2D eigenvalue weighted by Gasteiger charge is 2.16. The molecule has 3 aromatic rings. The topological polar surface area (TPSA) is 77.5 Å². The number of nitrogens with one attached hydrogen (secondary N) is 2. The van der Waals surface area contributed by atoms with Crippen LogP contribution in [0.4, 0.5) is 10.1 Å². The molecule has 2 heterocycles. The molecule has 2 N–H and O–H groups in total. The van der Waals surface area contributed by atoms with E-state index in [1.165, 1.54) is 18.6 Å². The third-order valence-electron chi connectivity index (χ3n) is 4.71. The molecule has 2 aromatic carbocycles. The molecule has 1 aliphatic rings. The number of ether oxygens (including phenoxy) is 3. The number of anilines is 1. The van der Waals surface area contributed by atoms with Crippen LogP contribution < -0.4 is 24.8 Å². The van der Waals surface area contributed by atoms with Crippen LogP contribution in [-0.4, -0.2) is 36.2 Å². The van der Waals surface area contributed by atoms with Crippen molar-refractivity contribution in [1.82, 2.24) is 15.3 Å². The van der Waals surface area contributed by atoms with Gasteiger partial charge in [-0.1, -0.05) is 6.07 Å². The van der Waals surface area contributed by atoms with Gasteiger partial charge in [0.1, 0.15) is 28.8 Å². The minimum atomic E-state index is -0.399. The van der Waals surface area contributed by atoms with E-state index < -0.39 is 5.82 Å². The Kier molecular flexibility index (Phi) is 6.24. The lowest BCUT2D eigenvalue weighted by Crippen LogP contribution is -2.29. The maximum atomic E-state index is 13.4. The molecule has 1 saturated heterocycles. The number of rotatable bonds is 8. The first-order valence-electron chi connectivity index (χ1n) is 9.79. The summed E-state index contributed by atoms with van der Waals surface area (Å²) in [4.78, 5) is 8.63. The minimum Gasteiger partial charge on any atom is -0.497 e. The Morgan fingerprint density at radius 1 is 1.10 bits per heavy atom. The molecule has 4 rings (SSSR count). The summed E-state index contributed by atoms with van der Waals surface area (Å²) in [6.45, 7) is 1.75. The Morgan fingerprint density at radius 3 is 2.67 bits per heavy atom. The zero-order valence-electron chi connectivity index (χ0n) is 16.6. The Hall–Kier alpha value is -3.39. The fourth-order valence-electron chi connectivity index (χ4n) is 3.15. The molecule has 0 bridgehead atoms. The summed E-state index contributed by atoms with van der Waals surface area (Å²) in [7, 11) is 1.61. The first kappa shape index (κ1) is 19.9. The molecule has 1 aromatic heterocycles. The van der Waals surface area contributed by atoms with Crippen LogP contribution in [-0.2, 0) is 0 Å². The Morgan fingerprint density at radius 2 is 1.93 bits per heavy atom. The highest BCUT2D eigenvalue weighted by atomic mass is 19.1. The van der Waals surface area contributed by atoms with Crippen LogP contribution in [0.15, 0.2) is 54.7 Å². The molecule has 0 unspecified atom stereocenters.